The van der Waals surface area contributed by atoms with Crippen molar-refractivity contribution < 1.29 is 9.49 Å². The number of anilines is 3. The van der Waals surface area contributed by atoms with Crippen LogP contribution < -0.4 is 14.2 Å². The second kappa shape index (κ2) is 9.05. The van der Waals surface area contributed by atoms with E-state index in [-0.39, 0.29) is 4.92 Å². The van der Waals surface area contributed by atoms with Crippen LogP contribution in [0.5, 0.6) is 0 Å². The molecule has 1 saturated heterocycles. The van der Waals surface area contributed by atoms with Gasteiger partial charge in [0.1, 0.15) is 5.66 Å². The van der Waals surface area contributed by atoms with Gasteiger partial charge in [0.15, 0.2) is 0 Å². The van der Waals surface area contributed by atoms with Gasteiger partial charge in [-0.3, -0.25) is 14.7 Å². The first kappa shape index (κ1) is 21.9. The number of hydrogen-bond acceptors (Lipinski definition) is 4. The zero-order chi connectivity index (χ0) is 22.7. The van der Waals surface area contributed by atoms with E-state index in [4.69, 9.17) is 0 Å². The van der Waals surface area contributed by atoms with E-state index in [0.717, 1.165) is 17.1 Å². The van der Waals surface area contributed by atoms with Crippen LogP contribution in [0.3, 0.4) is 0 Å². The van der Waals surface area contributed by atoms with Crippen LogP contribution in [0.1, 0.15) is 11.2 Å². The molecular weight excluding hydrogens is 423 g/mol. The summed E-state index contributed by atoms with van der Waals surface area (Å²) in [4.78, 5) is 13.4. The van der Waals surface area contributed by atoms with Crippen LogP contribution in [-0.4, -0.2) is 38.7 Å². The maximum Gasteiger partial charge on any atom is 0.277 e. The van der Waals surface area contributed by atoms with Crippen molar-refractivity contribution >= 4 is 24.5 Å². The van der Waals surface area contributed by atoms with Gasteiger partial charge in [-0.25, -0.2) is 0 Å². The quantitative estimate of drug-likeness (QED) is 0.277. The Balaban J connectivity index is 1.87. The predicted molar refractivity (Wildman–Crippen MR) is 131 cm³/mol. The van der Waals surface area contributed by atoms with E-state index < -0.39 is 19.6 Å². The summed E-state index contributed by atoms with van der Waals surface area (Å²) in [6, 6.07) is 26.7. The van der Waals surface area contributed by atoms with Crippen molar-refractivity contribution in [2.45, 2.75) is 5.66 Å². The maximum atomic E-state index is 15.1. The number of para-hydroxylation sites is 2. The molecule has 1 atom stereocenters. The molecule has 1 fully saturated rings. The molecule has 4 rings (SSSR count). The molecule has 0 spiro atoms. The number of nitro groups is 1. The summed E-state index contributed by atoms with van der Waals surface area (Å²) in [7, 11) is 0.435. The zero-order valence-corrected chi connectivity index (χ0v) is 19.1. The van der Waals surface area contributed by atoms with Gasteiger partial charge in [-0.1, -0.05) is 48.5 Å². The van der Waals surface area contributed by atoms with Gasteiger partial charge >= 0.3 is 0 Å². The van der Waals surface area contributed by atoms with Crippen LogP contribution >= 0.6 is 7.44 Å². The standard InChI is InChI=1S/C24H27N4O3P/c1-25(2)21-15-13-20(14-16-21)24(19-28(29)30)32(31)26(22-9-5-3-6-10-22)17-18-27(32)23-11-7-4-8-12-23/h3-16,24H,17-19H2,1-2H3. The summed E-state index contributed by atoms with van der Waals surface area (Å²) in [5.74, 6) is 0. The minimum atomic E-state index is -3.45. The fourth-order valence-corrected chi connectivity index (χ4v) is 7.79. The second-order valence-electron chi connectivity index (χ2n) is 8.02. The SMILES string of the molecule is CN(C)c1ccc(C(C[N+](=O)[O-])P2(=O)N(c3ccccc3)CCN2c2ccccc2)cc1. The first-order chi connectivity index (χ1) is 15.4. The van der Waals surface area contributed by atoms with E-state index in [1.165, 1.54) is 0 Å². The molecule has 0 amide bonds. The van der Waals surface area contributed by atoms with Crippen molar-refractivity contribution in [3.05, 3.63) is 101 Å². The Hall–Kier alpha value is -3.31. The smallest absolute Gasteiger partial charge is 0.277 e. The second-order valence-corrected chi connectivity index (χ2v) is 10.8. The molecule has 1 aliphatic rings. The lowest BCUT2D eigenvalue weighted by Gasteiger charge is -2.37. The Kier molecular flexibility index (Phi) is 6.19. The largest absolute Gasteiger partial charge is 0.378 e. The van der Waals surface area contributed by atoms with Crippen LogP contribution in [0.25, 0.3) is 0 Å². The Labute approximate surface area is 188 Å². The zero-order valence-electron chi connectivity index (χ0n) is 18.2. The number of rotatable bonds is 7. The van der Waals surface area contributed by atoms with Gasteiger partial charge in [-0.2, -0.15) is 0 Å². The average molecular weight is 450 g/mol. The molecule has 166 valence electrons. The number of hydrogen-bond donors (Lipinski definition) is 0. The highest BCUT2D eigenvalue weighted by Crippen LogP contribution is 2.68. The van der Waals surface area contributed by atoms with Gasteiger partial charge in [0.25, 0.3) is 7.44 Å². The van der Waals surface area contributed by atoms with Gasteiger partial charge in [-0.15, -0.1) is 0 Å². The maximum absolute atomic E-state index is 15.1. The molecule has 0 N–H and O–H groups in total. The fraction of sp³-hybridized carbons (Fsp3) is 0.250. The van der Waals surface area contributed by atoms with E-state index in [1.54, 1.807) is 0 Å². The van der Waals surface area contributed by atoms with Crippen molar-refractivity contribution in [1.29, 1.82) is 0 Å². The molecule has 1 aliphatic heterocycles. The van der Waals surface area contributed by atoms with Crippen LogP contribution in [-0.2, 0) is 4.57 Å². The Morgan fingerprint density at radius 2 is 1.34 bits per heavy atom. The van der Waals surface area contributed by atoms with E-state index in [9.17, 15) is 10.1 Å². The van der Waals surface area contributed by atoms with Gasteiger partial charge in [0.2, 0.25) is 6.54 Å². The molecule has 0 saturated carbocycles. The van der Waals surface area contributed by atoms with E-state index in [1.807, 2.05) is 113 Å². The highest BCUT2D eigenvalue weighted by molar-refractivity contribution is 7.68. The third-order valence-corrected chi connectivity index (χ3v) is 9.37. The third kappa shape index (κ3) is 4.08. The molecule has 0 aliphatic carbocycles. The summed E-state index contributed by atoms with van der Waals surface area (Å²) >= 11 is 0. The van der Waals surface area contributed by atoms with Crippen molar-refractivity contribution in [2.75, 3.05) is 48.0 Å². The molecule has 7 nitrogen and oxygen atoms in total. The monoisotopic (exact) mass is 450 g/mol. The number of benzene rings is 3. The topological polar surface area (TPSA) is 69.9 Å². The van der Waals surface area contributed by atoms with E-state index in [2.05, 4.69) is 0 Å². The average Bonchev–Trinajstić information content (AvgIpc) is 3.16. The van der Waals surface area contributed by atoms with Gasteiger partial charge in [0.05, 0.1) is 0 Å². The molecule has 1 unspecified atom stereocenters. The van der Waals surface area contributed by atoms with E-state index >= 15 is 4.57 Å². The Morgan fingerprint density at radius 3 is 1.75 bits per heavy atom. The van der Waals surface area contributed by atoms with Crippen molar-refractivity contribution in [3.63, 3.8) is 0 Å². The summed E-state index contributed by atoms with van der Waals surface area (Å²) in [5, 5.41) is 11.8. The number of nitrogens with zero attached hydrogens (tertiary/aromatic N) is 4. The fourth-order valence-electron chi connectivity index (χ4n) is 4.27. The first-order valence-electron chi connectivity index (χ1n) is 10.6. The summed E-state index contributed by atoms with van der Waals surface area (Å²) in [6.07, 6.45) is 0. The minimum Gasteiger partial charge on any atom is -0.378 e. The van der Waals surface area contributed by atoms with Gasteiger partial charge in [0, 0.05) is 49.2 Å². The van der Waals surface area contributed by atoms with Crippen molar-refractivity contribution in [2.24, 2.45) is 0 Å². The molecule has 3 aromatic carbocycles. The third-order valence-electron chi connectivity index (χ3n) is 5.85. The lowest BCUT2D eigenvalue weighted by atomic mass is 10.1. The Morgan fingerprint density at radius 1 is 0.875 bits per heavy atom. The van der Waals surface area contributed by atoms with Gasteiger partial charge in [-0.05, 0) is 42.0 Å². The molecule has 8 heteroatoms. The normalized spacial score (nSPS) is 16.1. The lowest BCUT2D eigenvalue weighted by Crippen LogP contribution is -2.27. The van der Waals surface area contributed by atoms with Crippen LogP contribution in [0, 0.1) is 10.1 Å². The molecule has 3 aromatic rings. The molecule has 0 bridgehead atoms. The Bertz CT molecular complexity index is 1060. The molecule has 0 aromatic heterocycles. The first-order valence-corrected chi connectivity index (χ1v) is 12.2. The van der Waals surface area contributed by atoms with Crippen molar-refractivity contribution in [1.82, 2.24) is 0 Å². The summed E-state index contributed by atoms with van der Waals surface area (Å²) in [5.41, 5.74) is 2.54. The molecule has 32 heavy (non-hydrogen) atoms. The highest BCUT2D eigenvalue weighted by Gasteiger charge is 2.51. The summed E-state index contributed by atoms with van der Waals surface area (Å²) < 4.78 is 18.8. The van der Waals surface area contributed by atoms with Crippen LogP contribution in [0.15, 0.2) is 84.9 Å². The molecule has 1 heterocycles. The highest BCUT2D eigenvalue weighted by atomic mass is 31.2. The van der Waals surface area contributed by atoms with Crippen LogP contribution in [0.2, 0.25) is 0 Å². The molecular formula is C24H27N4O3P. The van der Waals surface area contributed by atoms with Crippen LogP contribution in [0.4, 0.5) is 17.1 Å². The lowest BCUT2D eigenvalue weighted by molar-refractivity contribution is -0.480. The predicted octanol–water partition coefficient (Wildman–Crippen LogP) is 5.29. The van der Waals surface area contributed by atoms with Gasteiger partial charge < -0.3 is 14.2 Å². The summed E-state index contributed by atoms with van der Waals surface area (Å²) in [6.45, 7) is 0.644. The van der Waals surface area contributed by atoms with E-state index in [0.29, 0.717) is 18.7 Å². The minimum absolute atomic E-state index is 0.352. The molecule has 0 radical (unpaired) electrons. The van der Waals surface area contributed by atoms with Crippen molar-refractivity contribution in [3.8, 4) is 0 Å².